The van der Waals surface area contributed by atoms with E-state index in [0.717, 1.165) is 24.6 Å². The number of aromatic nitrogens is 1. The zero-order valence-electron chi connectivity index (χ0n) is 12.6. The number of thioether (sulfide) groups is 1. The fourth-order valence-corrected chi connectivity index (χ4v) is 4.06. The number of carbonyl (C=O) groups is 1. The molecule has 2 aromatic rings. The minimum absolute atomic E-state index is 0.186. The standard InChI is InChI=1S/C17H20N2O2S/c1-22-15-9-5-4-8-13(15)18-17(21)14-10-11-6-2-3-7-12(11)16(20)19-14/h2-3,6-7,10,13,15H,4-5,8-9H2,1H3,(H,18,21)(H,19,20)/t13-,15-/m1/s1. The lowest BCUT2D eigenvalue weighted by Gasteiger charge is -2.30. The van der Waals surface area contributed by atoms with Crippen molar-refractivity contribution in [2.24, 2.45) is 0 Å². The van der Waals surface area contributed by atoms with Crippen LogP contribution in [0.25, 0.3) is 10.8 Å². The lowest BCUT2D eigenvalue weighted by Crippen LogP contribution is -2.44. The number of hydrogen-bond acceptors (Lipinski definition) is 3. The van der Waals surface area contributed by atoms with Crippen molar-refractivity contribution in [3.63, 3.8) is 0 Å². The van der Waals surface area contributed by atoms with E-state index in [9.17, 15) is 9.59 Å². The van der Waals surface area contributed by atoms with Gasteiger partial charge in [-0.15, -0.1) is 0 Å². The average Bonchev–Trinajstić information content (AvgIpc) is 2.55. The monoisotopic (exact) mass is 316 g/mol. The lowest BCUT2D eigenvalue weighted by atomic mass is 9.94. The summed E-state index contributed by atoms with van der Waals surface area (Å²) in [6.07, 6.45) is 6.61. The molecule has 0 saturated heterocycles. The predicted molar refractivity (Wildman–Crippen MR) is 91.6 cm³/mol. The van der Waals surface area contributed by atoms with Crippen molar-refractivity contribution >= 4 is 28.4 Å². The fourth-order valence-electron chi connectivity index (χ4n) is 3.12. The molecular weight excluding hydrogens is 296 g/mol. The van der Waals surface area contributed by atoms with E-state index in [2.05, 4.69) is 16.6 Å². The summed E-state index contributed by atoms with van der Waals surface area (Å²) < 4.78 is 0. The largest absolute Gasteiger partial charge is 0.347 e. The molecule has 3 rings (SSSR count). The highest BCUT2D eigenvalue weighted by Crippen LogP contribution is 2.27. The smallest absolute Gasteiger partial charge is 0.268 e. The first kappa shape index (κ1) is 15.2. The molecule has 1 aromatic heterocycles. The molecule has 22 heavy (non-hydrogen) atoms. The Balaban J connectivity index is 1.84. The molecule has 0 aliphatic heterocycles. The number of nitrogens with one attached hydrogen (secondary N) is 2. The van der Waals surface area contributed by atoms with Gasteiger partial charge in [-0.3, -0.25) is 9.59 Å². The first-order valence-electron chi connectivity index (χ1n) is 7.65. The molecular formula is C17H20N2O2S. The zero-order valence-corrected chi connectivity index (χ0v) is 13.4. The van der Waals surface area contributed by atoms with E-state index in [0.29, 0.717) is 16.3 Å². The number of pyridine rings is 1. The van der Waals surface area contributed by atoms with Crippen LogP contribution < -0.4 is 10.9 Å². The normalized spacial score (nSPS) is 21.7. The molecule has 1 aliphatic carbocycles. The molecule has 0 radical (unpaired) electrons. The Bertz CT molecular complexity index is 741. The van der Waals surface area contributed by atoms with E-state index in [1.54, 1.807) is 12.1 Å². The van der Waals surface area contributed by atoms with Gasteiger partial charge in [0.05, 0.1) is 0 Å². The minimum Gasteiger partial charge on any atom is -0.347 e. The third-order valence-corrected chi connectivity index (χ3v) is 5.49. The molecule has 1 fully saturated rings. The van der Waals surface area contributed by atoms with Gasteiger partial charge in [-0.25, -0.2) is 0 Å². The Morgan fingerprint density at radius 2 is 2.05 bits per heavy atom. The topological polar surface area (TPSA) is 62.0 Å². The Morgan fingerprint density at radius 1 is 1.27 bits per heavy atom. The van der Waals surface area contributed by atoms with Gasteiger partial charge in [0.2, 0.25) is 0 Å². The maximum Gasteiger partial charge on any atom is 0.268 e. The minimum atomic E-state index is -0.215. The van der Waals surface area contributed by atoms with Gasteiger partial charge in [0.25, 0.3) is 11.5 Å². The third kappa shape index (κ3) is 3.04. The van der Waals surface area contributed by atoms with Crippen molar-refractivity contribution in [3.8, 4) is 0 Å². The molecule has 1 heterocycles. The maximum absolute atomic E-state index is 12.5. The molecule has 1 aromatic carbocycles. The Labute approximate surface area is 133 Å². The van der Waals surface area contributed by atoms with Gasteiger partial charge in [-0.05, 0) is 36.6 Å². The molecule has 2 atom stereocenters. The zero-order chi connectivity index (χ0) is 15.5. The molecule has 0 spiro atoms. The van der Waals surface area contributed by atoms with Crippen LogP contribution in [0.4, 0.5) is 0 Å². The molecule has 116 valence electrons. The summed E-state index contributed by atoms with van der Waals surface area (Å²) in [5.41, 5.74) is 0.127. The van der Waals surface area contributed by atoms with Crippen LogP contribution in [0.1, 0.15) is 36.2 Å². The lowest BCUT2D eigenvalue weighted by molar-refractivity contribution is 0.0924. The molecule has 1 saturated carbocycles. The van der Waals surface area contributed by atoms with Crippen LogP contribution in [0.15, 0.2) is 35.1 Å². The summed E-state index contributed by atoms with van der Waals surface area (Å²) >= 11 is 1.81. The van der Waals surface area contributed by atoms with Crippen molar-refractivity contribution in [1.82, 2.24) is 10.3 Å². The molecule has 1 aliphatic rings. The van der Waals surface area contributed by atoms with E-state index in [-0.39, 0.29) is 17.5 Å². The van der Waals surface area contributed by atoms with E-state index in [1.807, 2.05) is 30.0 Å². The third-order valence-electron chi connectivity index (χ3n) is 4.32. The van der Waals surface area contributed by atoms with E-state index in [4.69, 9.17) is 0 Å². The maximum atomic E-state index is 12.5. The molecule has 1 amide bonds. The van der Waals surface area contributed by atoms with Crippen molar-refractivity contribution < 1.29 is 4.79 Å². The van der Waals surface area contributed by atoms with Crippen LogP contribution >= 0.6 is 11.8 Å². The SMILES string of the molecule is CS[C@@H]1CCCC[C@H]1NC(=O)c1cc2ccccc2c(=O)[nH]1. The van der Waals surface area contributed by atoms with Gasteiger partial charge in [0.15, 0.2) is 0 Å². The predicted octanol–water partition coefficient (Wildman–Crippen LogP) is 2.93. The summed E-state index contributed by atoms with van der Waals surface area (Å²) in [6, 6.07) is 9.25. The van der Waals surface area contributed by atoms with Gasteiger partial charge in [0.1, 0.15) is 5.69 Å². The first-order chi connectivity index (χ1) is 10.7. The van der Waals surface area contributed by atoms with Crippen molar-refractivity contribution in [2.45, 2.75) is 37.0 Å². The Kier molecular flexibility index (Phi) is 4.52. The number of carbonyl (C=O) groups excluding carboxylic acids is 1. The molecule has 0 bridgehead atoms. The Morgan fingerprint density at radius 3 is 2.86 bits per heavy atom. The van der Waals surface area contributed by atoms with Crippen LogP contribution in [0.5, 0.6) is 0 Å². The Hall–Kier alpha value is -1.75. The second-order valence-electron chi connectivity index (χ2n) is 5.74. The van der Waals surface area contributed by atoms with Gasteiger partial charge >= 0.3 is 0 Å². The van der Waals surface area contributed by atoms with Crippen LogP contribution in [0.3, 0.4) is 0 Å². The van der Waals surface area contributed by atoms with Gasteiger partial charge in [-0.1, -0.05) is 31.0 Å². The van der Waals surface area contributed by atoms with Crippen molar-refractivity contribution in [3.05, 3.63) is 46.4 Å². The van der Waals surface area contributed by atoms with Crippen LogP contribution in [0, 0.1) is 0 Å². The quantitative estimate of drug-likeness (QED) is 0.915. The van der Waals surface area contributed by atoms with Crippen LogP contribution in [-0.4, -0.2) is 28.4 Å². The number of benzene rings is 1. The second-order valence-corrected chi connectivity index (χ2v) is 6.81. The van der Waals surface area contributed by atoms with Crippen molar-refractivity contribution in [2.75, 3.05) is 6.26 Å². The number of hydrogen-bond donors (Lipinski definition) is 2. The highest BCUT2D eigenvalue weighted by molar-refractivity contribution is 7.99. The average molecular weight is 316 g/mol. The number of H-pyrrole nitrogens is 1. The van der Waals surface area contributed by atoms with Crippen molar-refractivity contribution in [1.29, 1.82) is 0 Å². The van der Waals surface area contributed by atoms with E-state index < -0.39 is 0 Å². The van der Waals surface area contributed by atoms with Gasteiger partial charge in [0, 0.05) is 16.7 Å². The summed E-state index contributed by atoms with van der Waals surface area (Å²) in [4.78, 5) is 27.3. The van der Waals surface area contributed by atoms with Gasteiger partial charge < -0.3 is 10.3 Å². The summed E-state index contributed by atoms with van der Waals surface area (Å²) in [7, 11) is 0. The number of fused-ring (bicyclic) bond motifs is 1. The summed E-state index contributed by atoms with van der Waals surface area (Å²) in [5, 5.41) is 4.96. The second kappa shape index (κ2) is 6.57. The molecule has 5 heteroatoms. The van der Waals surface area contributed by atoms with E-state index >= 15 is 0 Å². The summed E-state index contributed by atoms with van der Waals surface area (Å²) in [6.45, 7) is 0. The van der Waals surface area contributed by atoms with Crippen LogP contribution in [0.2, 0.25) is 0 Å². The molecule has 0 unspecified atom stereocenters. The highest BCUT2D eigenvalue weighted by atomic mass is 32.2. The van der Waals surface area contributed by atoms with E-state index in [1.165, 1.54) is 6.42 Å². The summed E-state index contributed by atoms with van der Waals surface area (Å²) in [5.74, 6) is -0.186. The number of aromatic amines is 1. The van der Waals surface area contributed by atoms with Gasteiger partial charge in [-0.2, -0.15) is 11.8 Å². The molecule has 4 nitrogen and oxygen atoms in total. The molecule has 2 N–H and O–H groups in total. The number of amides is 1. The highest BCUT2D eigenvalue weighted by Gasteiger charge is 2.26. The fraction of sp³-hybridized carbons (Fsp3) is 0.412. The number of rotatable bonds is 3. The first-order valence-corrected chi connectivity index (χ1v) is 8.93. The van der Waals surface area contributed by atoms with Crippen LogP contribution in [-0.2, 0) is 0 Å².